The molecule has 0 bridgehead atoms. The summed E-state index contributed by atoms with van der Waals surface area (Å²) in [5, 5.41) is 0. The molecule has 0 amide bonds. The second-order valence-electron chi connectivity index (χ2n) is 6.13. The Bertz CT molecular complexity index is 622. The van der Waals surface area contributed by atoms with Gasteiger partial charge in [-0.25, -0.2) is 4.98 Å². The molecule has 0 N–H and O–H groups in total. The van der Waals surface area contributed by atoms with Gasteiger partial charge in [-0.2, -0.15) is 0 Å². The predicted octanol–water partition coefficient (Wildman–Crippen LogP) is 5.38. The molecule has 1 aliphatic rings. The van der Waals surface area contributed by atoms with Gasteiger partial charge in [0.25, 0.3) is 0 Å². The van der Waals surface area contributed by atoms with E-state index in [1.807, 2.05) is 0 Å². The SMILES string of the molecule is CC1CCC(n2c(CCl)nc3cc(I)ccc32)C(C)C1. The number of benzene rings is 1. The second kappa shape index (κ2) is 5.84. The zero-order valence-electron chi connectivity index (χ0n) is 11.9. The molecule has 0 aliphatic heterocycles. The first kappa shape index (κ1) is 14.6. The molecule has 1 saturated carbocycles. The van der Waals surface area contributed by atoms with Crippen LogP contribution in [0.2, 0.25) is 0 Å². The molecule has 2 nitrogen and oxygen atoms in total. The van der Waals surface area contributed by atoms with Gasteiger partial charge in [0.15, 0.2) is 0 Å². The highest BCUT2D eigenvalue weighted by atomic mass is 127. The van der Waals surface area contributed by atoms with Crippen molar-refractivity contribution >= 4 is 45.2 Å². The summed E-state index contributed by atoms with van der Waals surface area (Å²) >= 11 is 8.49. The fraction of sp³-hybridized carbons (Fsp3) is 0.562. The number of nitrogens with zero attached hydrogens (tertiary/aromatic N) is 2. The normalized spacial score (nSPS) is 27.1. The Kier molecular flexibility index (Phi) is 4.27. The van der Waals surface area contributed by atoms with Crippen LogP contribution in [0, 0.1) is 15.4 Å². The van der Waals surface area contributed by atoms with E-state index in [-0.39, 0.29) is 0 Å². The number of imidazole rings is 1. The number of hydrogen-bond donors (Lipinski definition) is 0. The first-order valence-corrected chi connectivity index (χ1v) is 8.93. The number of alkyl halides is 1. The molecule has 108 valence electrons. The van der Waals surface area contributed by atoms with Gasteiger partial charge in [0, 0.05) is 9.61 Å². The second-order valence-corrected chi connectivity index (χ2v) is 7.64. The van der Waals surface area contributed by atoms with E-state index in [1.165, 1.54) is 28.3 Å². The third-order valence-corrected chi connectivity index (χ3v) is 5.47. The Hall–Kier alpha value is -0.290. The lowest BCUT2D eigenvalue weighted by Gasteiger charge is -2.34. The van der Waals surface area contributed by atoms with Crippen molar-refractivity contribution in [3.63, 3.8) is 0 Å². The van der Waals surface area contributed by atoms with E-state index < -0.39 is 0 Å². The number of fused-ring (bicyclic) bond motifs is 1. The zero-order valence-corrected chi connectivity index (χ0v) is 14.9. The van der Waals surface area contributed by atoms with Crippen molar-refractivity contribution in [2.75, 3.05) is 0 Å². The summed E-state index contributed by atoms with van der Waals surface area (Å²) in [6, 6.07) is 7.06. The molecule has 2 aromatic rings. The van der Waals surface area contributed by atoms with Crippen LogP contribution in [0.3, 0.4) is 0 Å². The zero-order chi connectivity index (χ0) is 14.3. The maximum Gasteiger partial charge on any atom is 0.125 e. The number of rotatable bonds is 2. The Morgan fingerprint density at radius 1 is 1.35 bits per heavy atom. The van der Waals surface area contributed by atoms with Crippen molar-refractivity contribution in [2.24, 2.45) is 11.8 Å². The minimum absolute atomic E-state index is 0.490. The molecule has 1 aromatic carbocycles. The van der Waals surface area contributed by atoms with Gasteiger partial charge in [-0.15, -0.1) is 11.6 Å². The lowest BCUT2D eigenvalue weighted by molar-refractivity contribution is 0.209. The molecule has 3 atom stereocenters. The lowest BCUT2D eigenvalue weighted by atomic mass is 9.79. The fourth-order valence-corrected chi connectivity index (χ4v) is 4.28. The van der Waals surface area contributed by atoms with Gasteiger partial charge < -0.3 is 4.57 Å². The largest absolute Gasteiger partial charge is 0.324 e. The number of hydrogen-bond acceptors (Lipinski definition) is 1. The van der Waals surface area contributed by atoms with E-state index in [0.29, 0.717) is 17.8 Å². The molecule has 4 heteroatoms. The number of halogens is 2. The maximum absolute atomic E-state index is 6.15. The van der Waals surface area contributed by atoms with Crippen LogP contribution in [0.1, 0.15) is 45.0 Å². The van der Waals surface area contributed by atoms with Gasteiger partial charge in [-0.3, -0.25) is 0 Å². The maximum atomic E-state index is 6.15. The van der Waals surface area contributed by atoms with Crippen LogP contribution in [0.5, 0.6) is 0 Å². The fourth-order valence-electron chi connectivity index (χ4n) is 3.62. The van der Waals surface area contributed by atoms with Gasteiger partial charge in [0.2, 0.25) is 0 Å². The van der Waals surface area contributed by atoms with Crippen LogP contribution >= 0.6 is 34.2 Å². The van der Waals surface area contributed by atoms with E-state index in [9.17, 15) is 0 Å². The molecular formula is C16H20ClIN2. The topological polar surface area (TPSA) is 17.8 Å². The summed E-state index contributed by atoms with van der Waals surface area (Å²) in [5.74, 6) is 3.05. The molecule has 0 radical (unpaired) electrons. The Balaban J connectivity index is 2.09. The molecular weight excluding hydrogens is 383 g/mol. The van der Waals surface area contributed by atoms with Crippen LogP contribution in [-0.4, -0.2) is 9.55 Å². The van der Waals surface area contributed by atoms with Gasteiger partial charge in [-0.1, -0.05) is 13.8 Å². The third kappa shape index (κ3) is 2.59. The summed E-state index contributed by atoms with van der Waals surface area (Å²) in [6.45, 7) is 4.74. The first-order chi connectivity index (χ1) is 9.60. The Morgan fingerprint density at radius 2 is 2.15 bits per heavy atom. The summed E-state index contributed by atoms with van der Waals surface area (Å²) in [6.07, 6.45) is 3.85. The summed E-state index contributed by atoms with van der Waals surface area (Å²) in [4.78, 5) is 4.75. The van der Waals surface area contributed by atoms with Crippen LogP contribution < -0.4 is 0 Å². The molecule has 1 fully saturated rings. The summed E-state index contributed by atoms with van der Waals surface area (Å²) < 4.78 is 3.64. The molecule has 0 saturated heterocycles. The first-order valence-electron chi connectivity index (χ1n) is 7.32. The van der Waals surface area contributed by atoms with Crippen LogP contribution in [0.15, 0.2) is 18.2 Å². The van der Waals surface area contributed by atoms with Gasteiger partial charge in [0.1, 0.15) is 5.82 Å². The van der Waals surface area contributed by atoms with E-state index in [0.717, 1.165) is 17.3 Å². The summed E-state index contributed by atoms with van der Waals surface area (Å²) in [7, 11) is 0. The highest BCUT2D eigenvalue weighted by Gasteiger charge is 2.29. The average molecular weight is 403 g/mol. The van der Waals surface area contributed by atoms with Gasteiger partial charge >= 0.3 is 0 Å². The Labute approximate surface area is 139 Å². The number of aromatic nitrogens is 2. The average Bonchev–Trinajstić information content (AvgIpc) is 2.76. The van der Waals surface area contributed by atoms with Crippen molar-refractivity contribution in [3.8, 4) is 0 Å². The molecule has 20 heavy (non-hydrogen) atoms. The third-order valence-electron chi connectivity index (χ3n) is 4.56. The molecule has 0 spiro atoms. The van der Waals surface area contributed by atoms with E-state index in [4.69, 9.17) is 16.6 Å². The van der Waals surface area contributed by atoms with Crippen molar-refractivity contribution in [1.82, 2.24) is 9.55 Å². The van der Waals surface area contributed by atoms with Crippen LogP contribution in [0.4, 0.5) is 0 Å². The van der Waals surface area contributed by atoms with Crippen molar-refractivity contribution < 1.29 is 0 Å². The smallest absolute Gasteiger partial charge is 0.125 e. The van der Waals surface area contributed by atoms with Crippen molar-refractivity contribution in [1.29, 1.82) is 0 Å². The summed E-state index contributed by atoms with van der Waals surface area (Å²) in [5.41, 5.74) is 2.32. The van der Waals surface area contributed by atoms with Crippen LogP contribution in [0.25, 0.3) is 11.0 Å². The minimum atomic E-state index is 0.490. The van der Waals surface area contributed by atoms with E-state index >= 15 is 0 Å². The monoisotopic (exact) mass is 402 g/mol. The molecule has 3 unspecified atom stereocenters. The quantitative estimate of drug-likeness (QED) is 0.487. The molecule has 3 rings (SSSR count). The standard InChI is InChI=1S/C16H20ClIN2/c1-10-3-5-14(11(2)7-10)20-15-6-4-12(18)8-13(15)19-16(20)9-17/h4,6,8,10-11,14H,3,5,7,9H2,1-2H3. The van der Waals surface area contributed by atoms with Crippen molar-refractivity contribution in [2.45, 2.75) is 45.0 Å². The van der Waals surface area contributed by atoms with E-state index in [1.54, 1.807) is 0 Å². The highest BCUT2D eigenvalue weighted by Crippen LogP contribution is 2.39. The van der Waals surface area contributed by atoms with E-state index in [2.05, 4.69) is 59.2 Å². The molecule has 1 aromatic heterocycles. The Morgan fingerprint density at radius 3 is 2.85 bits per heavy atom. The minimum Gasteiger partial charge on any atom is -0.324 e. The van der Waals surface area contributed by atoms with Gasteiger partial charge in [-0.05, 0) is 71.9 Å². The van der Waals surface area contributed by atoms with Crippen LogP contribution in [-0.2, 0) is 5.88 Å². The van der Waals surface area contributed by atoms with Gasteiger partial charge in [0.05, 0.1) is 16.9 Å². The predicted molar refractivity (Wildman–Crippen MR) is 93.2 cm³/mol. The molecule has 1 aliphatic carbocycles. The van der Waals surface area contributed by atoms with Crippen molar-refractivity contribution in [3.05, 3.63) is 27.6 Å². The lowest BCUT2D eigenvalue weighted by Crippen LogP contribution is -2.25. The molecule has 1 heterocycles. The highest BCUT2D eigenvalue weighted by molar-refractivity contribution is 14.1.